The molecule has 3 aromatic rings. The van der Waals surface area contributed by atoms with Crippen molar-refractivity contribution in [1.82, 2.24) is 4.57 Å². The quantitative estimate of drug-likeness (QED) is 0.661. The van der Waals surface area contributed by atoms with Gasteiger partial charge in [0.25, 0.3) is 5.56 Å². The van der Waals surface area contributed by atoms with E-state index in [0.29, 0.717) is 5.56 Å². The third-order valence-electron chi connectivity index (χ3n) is 3.96. The van der Waals surface area contributed by atoms with Crippen LogP contribution in [0.3, 0.4) is 0 Å². The number of hydrogen-bond acceptors (Lipinski definition) is 1. The van der Waals surface area contributed by atoms with Crippen molar-refractivity contribution in [3.05, 3.63) is 69.8 Å². The fraction of sp³-hybridized carbons (Fsp3) is 0.167. The Morgan fingerprint density at radius 1 is 1.00 bits per heavy atom. The number of hydrogen-bond donors (Lipinski definition) is 0. The molecule has 106 valence electrons. The van der Waals surface area contributed by atoms with Gasteiger partial charge in [-0.2, -0.15) is 0 Å². The first kappa shape index (κ1) is 13.6. The molecule has 0 aliphatic rings. The molecule has 0 spiro atoms. The molecule has 0 bridgehead atoms. The first-order valence-corrected chi connectivity index (χ1v) is 6.85. The first-order chi connectivity index (χ1) is 9.99. The van der Waals surface area contributed by atoms with E-state index in [1.807, 2.05) is 38.1 Å². The molecule has 2 nitrogen and oxygen atoms in total. The molecule has 0 atom stereocenters. The van der Waals surface area contributed by atoms with Crippen molar-refractivity contribution in [2.45, 2.75) is 13.8 Å². The van der Waals surface area contributed by atoms with E-state index >= 15 is 0 Å². The first-order valence-electron chi connectivity index (χ1n) is 6.85. The largest absolute Gasteiger partial charge is 0.311 e. The van der Waals surface area contributed by atoms with Crippen LogP contribution in [0.15, 0.2) is 47.3 Å². The van der Waals surface area contributed by atoms with Gasteiger partial charge in [-0.15, -0.1) is 0 Å². The molecule has 1 heterocycles. The van der Waals surface area contributed by atoms with Gasteiger partial charge in [-0.3, -0.25) is 4.79 Å². The van der Waals surface area contributed by atoms with Crippen LogP contribution >= 0.6 is 0 Å². The molecule has 0 radical (unpaired) electrons. The molecule has 21 heavy (non-hydrogen) atoms. The normalized spacial score (nSPS) is 11.0. The SMILES string of the molecule is Cc1ccc(-c2c(C)c3cc(F)ccc3n(C)c2=O)cc1. The Kier molecular flexibility index (Phi) is 3.13. The summed E-state index contributed by atoms with van der Waals surface area (Å²) >= 11 is 0. The molecule has 0 unspecified atom stereocenters. The lowest BCUT2D eigenvalue weighted by atomic mass is 9.97. The molecule has 0 N–H and O–H groups in total. The van der Waals surface area contributed by atoms with Crippen molar-refractivity contribution in [3.8, 4) is 11.1 Å². The maximum Gasteiger partial charge on any atom is 0.258 e. The molecule has 0 fully saturated rings. The fourth-order valence-corrected chi connectivity index (χ4v) is 2.73. The van der Waals surface area contributed by atoms with Crippen molar-refractivity contribution >= 4 is 10.9 Å². The molecular formula is C18H16FNO. The number of benzene rings is 2. The molecule has 0 saturated heterocycles. The zero-order valence-electron chi connectivity index (χ0n) is 12.3. The van der Waals surface area contributed by atoms with Crippen molar-refractivity contribution in [1.29, 1.82) is 0 Å². The minimum absolute atomic E-state index is 0.0598. The molecule has 0 aliphatic carbocycles. The minimum atomic E-state index is -0.292. The number of fused-ring (bicyclic) bond motifs is 1. The van der Waals surface area contributed by atoms with Gasteiger partial charge in [-0.25, -0.2) is 4.39 Å². The second-order valence-corrected chi connectivity index (χ2v) is 5.39. The van der Waals surface area contributed by atoms with Gasteiger partial charge in [0.1, 0.15) is 5.82 Å². The van der Waals surface area contributed by atoms with E-state index in [4.69, 9.17) is 0 Å². The number of aryl methyl sites for hydroxylation is 3. The maximum atomic E-state index is 13.5. The van der Waals surface area contributed by atoms with Crippen molar-refractivity contribution in [2.24, 2.45) is 7.05 Å². The van der Waals surface area contributed by atoms with E-state index in [1.54, 1.807) is 17.7 Å². The number of aromatic nitrogens is 1. The summed E-state index contributed by atoms with van der Waals surface area (Å²) in [5.74, 6) is -0.292. The Labute approximate surface area is 122 Å². The second-order valence-electron chi connectivity index (χ2n) is 5.39. The summed E-state index contributed by atoms with van der Waals surface area (Å²) in [4.78, 5) is 12.6. The summed E-state index contributed by atoms with van der Waals surface area (Å²) in [5, 5.41) is 0.771. The molecule has 1 aromatic heterocycles. The third-order valence-corrected chi connectivity index (χ3v) is 3.96. The van der Waals surface area contributed by atoms with Crippen LogP contribution in [0.25, 0.3) is 22.0 Å². The smallest absolute Gasteiger partial charge is 0.258 e. The van der Waals surface area contributed by atoms with Gasteiger partial charge in [-0.05, 0) is 43.2 Å². The fourth-order valence-electron chi connectivity index (χ4n) is 2.73. The van der Waals surface area contributed by atoms with Crippen LogP contribution in [0.4, 0.5) is 4.39 Å². The highest BCUT2D eigenvalue weighted by Crippen LogP contribution is 2.27. The number of rotatable bonds is 1. The number of nitrogens with zero attached hydrogens (tertiary/aromatic N) is 1. The third kappa shape index (κ3) is 2.15. The highest BCUT2D eigenvalue weighted by Gasteiger charge is 2.14. The summed E-state index contributed by atoms with van der Waals surface area (Å²) in [5.41, 5.74) is 4.14. The van der Waals surface area contributed by atoms with Crippen LogP contribution in [-0.2, 0) is 7.05 Å². The molecule has 0 amide bonds. The highest BCUT2D eigenvalue weighted by molar-refractivity contribution is 5.88. The van der Waals surface area contributed by atoms with E-state index in [0.717, 1.165) is 27.6 Å². The Bertz CT molecular complexity index is 892. The Morgan fingerprint density at radius 2 is 1.67 bits per heavy atom. The Morgan fingerprint density at radius 3 is 2.33 bits per heavy atom. The molecule has 3 heteroatoms. The standard InChI is InChI=1S/C18H16FNO/c1-11-4-6-13(7-5-11)17-12(2)15-10-14(19)8-9-16(15)20(3)18(17)21/h4-10H,1-3H3. The summed E-state index contributed by atoms with van der Waals surface area (Å²) in [6.07, 6.45) is 0. The lowest BCUT2D eigenvalue weighted by Crippen LogP contribution is -2.20. The van der Waals surface area contributed by atoms with Crippen LogP contribution < -0.4 is 5.56 Å². The monoisotopic (exact) mass is 281 g/mol. The van der Waals surface area contributed by atoms with Gasteiger partial charge >= 0.3 is 0 Å². The molecule has 2 aromatic carbocycles. The summed E-state index contributed by atoms with van der Waals surface area (Å²) in [6, 6.07) is 12.3. The average Bonchev–Trinajstić information content (AvgIpc) is 2.47. The lowest BCUT2D eigenvalue weighted by Gasteiger charge is -2.13. The van der Waals surface area contributed by atoms with Gasteiger partial charge in [0.05, 0.1) is 11.1 Å². The second kappa shape index (κ2) is 4.85. The van der Waals surface area contributed by atoms with Crippen LogP contribution in [0.1, 0.15) is 11.1 Å². The average molecular weight is 281 g/mol. The lowest BCUT2D eigenvalue weighted by molar-refractivity contribution is 0.629. The number of halogens is 1. The maximum absolute atomic E-state index is 13.5. The Balaban J connectivity index is 2.43. The predicted octanol–water partition coefficient (Wildman–Crippen LogP) is 3.96. The van der Waals surface area contributed by atoms with Crippen LogP contribution in [0, 0.1) is 19.7 Å². The van der Waals surface area contributed by atoms with Crippen molar-refractivity contribution < 1.29 is 4.39 Å². The molecule has 3 rings (SSSR count). The van der Waals surface area contributed by atoms with Gasteiger partial charge in [-0.1, -0.05) is 29.8 Å². The van der Waals surface area contributed by atoms with Gasteiger partial charge in [0.2, 0.25) is 0 Å². The van der Waals surface area contributed by atoms with E-state index in [2.05, 4.69) is 0 Å². The van der Waals surface area contributed by atoms with E-state index in [-0.39, 0.29) is 11.4 Å². The molecular weight excluding hydrogens is 265 g/mol. The van der Waals surface area contributed by atoms with E-state index in [9.17, 15) is 9.18 Å². The van der Waals surface area contributed by atoms with Crippen LogP contribution in [-0.4, -0.2) is 4.57 Å². The Hall–Kier alpha value is -2.42. The topological polar surface area (TPSA) is 22.0 Å². The molecule has 0 aliphatic heterocycles. The van der Waals surface area contributed by atoms with Crippen LogP contribution in [0.5, 0.6) is 0 Å². The zero-order valence-corrected chi connectivity index (χ0v) is 12.3. The van der Waals surface area contributed by atoms with Crippen molar-refractivity contribution in [2.75, 3.05) is 0 Å². The predicted molar refractivity (Wildman–Crippen MR) is 84.1 cm³/mol. The van der Waals surface area contributed by atoms with Crippen LogP contribution in [0.2, 0.25) is 0 Å². The summed E-state index contributed by atoms with van der Waals surface area (Å²) in [7, 11) is 1.72. The van der Waals surface area contributed by atoms with E-state index < -0.39 is 0 Å². The number of pyridine rings is 1. The van der Waals surface area contributed by atoms with E-state index in [1.165, 1.54) is 12.1 Å². The minimum Gasteiger partial charge on any atom is -0.311 e. The van der Waals surface area contributed by atoms with Gasteiger partial charge in [0, 0.05) is 12.4 Å². The summed E-state index contributed by atoms with van der Waals surface area (Å²) in [6.45, 7) is 3.88. The zero-order chi connectivity index (χ0) is 15.1. The molecule has 0 saturated carbocycles. The van der Waals surface area contributed by atoms with Gasteiger partial charge in [0.15, 0.2) is 0 Å². The highest BCUT2D eigenvalue weighted by atomic mass is 19.1. The summed E-state index contributed by atoms with van der Waals surface area (Å²) < 4.78 is 15.1. The van der Waals surface area contributed by atoms with Crippen molar-refractivity contribution in [3.63, 3.8) is 0 Å². The van der Waals surface area contributed by atoms with Gasteiger partial charge < -0.3 is 4.57 Å².